The highest BCUT2D eigenvalue weighted by molar-refractivity contribution is 6.10. The van der Waals surface area contributed by atoms with Crippen LogP contribution in [0.25, 0.3) is 0 Å². The molecule has 3 heteroatoms. The summed E-state index contributed by atoms with van der Waals surface area (Å²) in [6, 6.07) is 11.0. The fourth-order valence-electron chi connectivity index (χ4n) is 1.86. The first-order chi connectivity index (χ1) is 9.11. The van der Waals surface area contributed by atoms with Crippen molar-refractivity contribution in [1.29, 1.82) is 0 Å². The number of ketones is 1. The predicted octanol–water partition coefficient (Wildman–Crippen LogP) is 3.76. The zero-order valence-electron chi connectivity index (χ0n) is 10.9. The molecule has 2 aromatic rings. The maximum atomic E-state index is 12.9. The number of carbonyl (C=O) groups excluding carboxylic acids is 1. The van der Waals surface area contributed by atoms with E-state index in [1.807, 2.05) is 19.9 Å². The Morgan fingerprint density at radius 2 is 1.84 bits per heavy atom. The van der Waals surface area contributed by atoms with E-state index in [2.05, 4.69) is 0 Å². The largest absolute Gasteiger partial charge is 0.493 e. The van der Waals surface area contributed by atoms with E-state index >= 15 is 0 Å². The molecule has 0 heterocycles. The number of hydrogen-bond donors (Lipinski definition) is 0. The molecule has 0 saturated carbocycles. The third kappa shape index (κ3) is 2.99. The minimum atomic E-state index is -0.356. The van der Waals surface area contributed by atoms with Crippen LogP contribution in [0.3, 0.4) is 0 Å². The van der Waals surface area contributed by atoms with Crippen LogP contribution in [0.5, 0.6) is 5.75 Å². The van der Waals surface area contributed by atoms with Gasteiger partial charge in [0.2, 0.25) is 0 Å². The molecule has 98 valence electrons. The molecule has 0 unspecified atom stereocenters. The van der Waals surface area contributed by atoms with Gasteiger partial charge in [-0.15, -0.1) is 0 Å². The summed E-state index contributed by atoms with van der Waals surface area (Å²) >= 11 is 0. The lowest BCUT2D eigenvalue weighted by atomic mass is 10.0. The number of benzene rings is 2. The Morgan fingerprint density at radius 3 is 2.47 bits per heavy atom. The Hall–Kier alpha value is -2.16. The summed E-state index contributed by atoms with van der Waals surface area (Å²) in [5.41, 5.74) is 1.94. The van der Waals surface area contributed by atoms with Crippen LogP contribution in [0.4, 0.5) is 4.39 Å². The molecule has 0 N–H and O–H groups in total. The van der Waals surface area contributed by atoms with E-state index in [9.17, 15) is 9.18 Å². The summed E-state index contributed by atoms with van der Waals surface area (Å²) in [5, 5.41) is 0. The Labute approximate surface area is 111 Å². The topological polar surface area (TPSA) is 26.3 Å². The van der Waals surface area contributed by atoms with Crippen LogP contribution in [0.2, 0.25) is 0 Å². The third-order valence-electron chi connectivity index (χ3n) is 2.79. The molecule has 2 rings (SSSR count). The zero-order valence-corrected chi connectivity index (χ0v) is 10.9. The van der Waals surface area contributed by atoms with E-state index in [-0.39, 0.29) is 11.6 Å². The summed E-state index contributed by atoms with van der Waals surface area (Å²) in [7, 11) is 0. The molecule has 0 atom stereocenters. The highest BCUT2D eigenvalue weighted by Gasteiger charge is 2.15. The fourth-order valence-corrected chi connectivity index (χ4v) is 1.86. The lowest BCUT2D eigenvalue weighted by Crippen LogP contribution is -2.06. The second kappa shape index (κ2) is 5.65. The minimum absolute atomic E-state index is 0.160. The average molecular weight is 258 g/mol. The van der Waals surface area contributed by atoms with Gasteiger partial charge >= 0.3 is 0 Å². The average Bonchev–Trinajstić information content (AvgIpc) is 2.41. The normalized spacial score (nSPS) is 10.3. The Balaban J connectivity index is 2.42. The van der Waals surface area contributed by atoms with Crippen LogP contribution in [-0.2, 0) is 0 Å². The first-order valence-electron chi connectivity index (χ1n) is 6.15. The van der Waals surface area contributed by atoms with E-state index in [1.165, 1.54) is 24.3 Å². The van der Waals surface area contributed by atoms with Gasteiger partial charge < -0.3 is 4.74 Å². The Morgan fingerprint density at radius 1 is 1.16 bits per heavy atom. The van der Waals surface area contributed by atoms with E-state index in [1.54, 1.807) is 12.1 Å². The summed E-state index contributed by atoms with van der Waals surface area (Å²) in [4.78, 5) is 12.4. The summed E-state index contributed by atoms with van der Waals surface area (Å²) in [6.45, 7) is 4.27. The van der Waals surface area contributed by atoms with Gasteiger partial charge in [0.05, 0.1) is 12.2 Å². The van der Waals surface area contributed by atoms with Crippen LogP contribution < -0.4 is 4.74 Å². The van der Waals surface area contributed by atoms with Crippen molar-refractivity contribution in [3.8, 4) is 5.75 Å². The molecule has 0 saturated heterocycles. The molecule has 0 amide bonds. The molecule has 0 spiro atoms. The number of halogens is 1. The van der Waals surface area contributed by atoms with Crippen molar-refractivity contribution in [2.45, 2.75) is 13.8 Å². The lowest BCUT2D eigenvalue weighted by Gasteiger charge is -2.10. The number of hydrogen-bond acceptors (Lipinski definition) is 2. The fraction of sp³-hybridized carbons (Fsp3) is 0.188. The van der Waals surface area contributed by atoms with Crippen molar-refractivity contribution < 1.29 is 13.9 Å². The summed E-state index contributed by atoms with van der Waals surface area (Å²) in [6.07, 6.45) is 0. The number of ether oxygens (including phenoxy) is 1. The van der Waals surface area contributed by atoms with Gasteiger partial charge in [0.25, 0.3) is 0 Å². The molecule has 0 aliphatic heterocycles. The van der Waals surface area contributed by atoms with Gasteiger partial charge in [-0.2, -0.15) is 0 Å². The van der Waals surface area contributed by atoms with Crippen molar-refractivity contribution in [1.82, 2.24) is 0 Å². The molecule has 2 aromatic carbocycles. The standard InChI is InChI=1S/C16H15FO2/c1-3-19-15-9-4-11(2)10-14(15)16(18)12-5-7-13(17)8-6-12/h4-10H,3H2,1-2H3. The number of aryl methyl sites for hydroxylation is 1. The van der Waals surface area contributed by atoms with Crippen LogP contribution in [0.15, 0.2) is 42.5 Å². The third-order valence-corrected chi connectivity index (χ3v) is 2.79. The van der Waals surface area contributed by atoms with E-state index in [0.29, 0.717) is 23.5 Å². The molecule has 0 aromatic heterocycles. The monoisotopic (exact) mass is 258 g/mol. The second-order valence-electron chi connectivity index (χ2n) is 4.27. The van der Waals surface area contributed by atoms with Crippen molar-refractivity contribution in [3.05, 3.63) is 65.0 Å². The summed E-state index contributed by atoms with van der Waals surface area (Å²) < 4.78 is 18.3. The molecule has 2 nitrogen and oxygen atoms in total. The Kier molecular flexibility index (Phi) is 3.95. The van der Waals surface area contributed by atoms with Gasteiger partial charge in [0.1, 0.15) is 11.6 Å². The van der Waals surface area contributed by atoms with Crippen molar-refractivity contribution in [2.75, 3.05) is 6.61 Å². The Bertz CT molecular complexity index is 588. The molecule has 0 aliphatic carbocycles. The maximum Gasteiger partial charge on any atom is 0.196 e. The SMILES string of the molecule is CCOc1ccc(C)cc1C(=O)c1ccc(F)cc1. The zero-order chi connectivity index (χ0) is 13.8. The van der Waals surface area contributed by atoms with E-state index in [0.717, 1.165) is 5.56 Å². The molecule has 0 fully saturated rings. The minimum Gasteiger partial charge on any atom is -0.493 e. The van der Waals surface area contributed by atoms with Gasteiger partial charge in [-0.3, -0.25) is 4.79 Å². The number of rotatable bonds is 4. The lowest BCUT2D eigenvalue weighted by molar-refractivity contribution is 0.103. The van der Waals surface area contributed by atoms with Gasteiger partial charge in [0.15, 0.2) is 5.78 Å². The smallest absolute Gasteiger partial charge is 0.196 e. The summed E-state index contributed by atoms with van der Waals surface area (Å²) in [5.74, 6) is 0.0420. The first-order valence-corrected chi connectivity index (χ1v) is 6.15. The van der Waals surface area contributed by atoms with Crippen LogP contribution in [0, 0.1) is 12.7 Å². The van der Waals surface area contributed by atoms with E-state index < -0.39 is 0 Å². The van der Waals surface area contributed by atoms with Crippen LogP contribution in [-0.4, -0.2) is 12.4 Å². The van der Waals surface area contributed by atoms with Crippen molar-refractivity contribution in [2.24, 2.45) is 0 Å². The highest BCUT2D eigenvalue weighted by Crippen LogP contribution is 2.23. The number of carbonyl (C=O) groups is 1. The van der Waals surface area contributed by atoms with E-state index in [4.69, 9.17) is 4.74 Å². The predicted molar refractivity (Wildman–Crippen MR) is 72.2 cm³/mol. The van der Waals surface area contributed by atoms with Gasteiger partial charge in [-0.05, 0) is 50.2 Å². The van der Waals surface area contributed by atoms with Gasteiger partial charge in [-0.25, -0.2) is 4.39 Å². The molecular formula is C16H15FO2. The maximum absolute atomic E-state index is 12.9. The second-order valence-corrected chi connectivity index (χ2v) is 4.27. The molecule has 19 heavy (non-hydrogen) atoms. The first kappa shape index (κ1) is 13.3. The molecule has 0 bridgehead atoms. The molecule has 0 radical (unpaired) electrons. The van der Waals surface area contributed by atoms with Gasteiger partial charge in [-0.1, -0.05) is 11.6 Å². The van der Waals surface area contributed by atoms with Gasteiger partial charge in [0, 0.05) is 5.56 Å². The quantitative estimate of drug-likeness (QED) is 0.780. The van der Waals surface area contributed by atoms with Crippen LogP contribution >= 0.6 is 0 Å². The van der Waals surface area contributed by atoms with Crippen LogP contribution in [0.1, 0.15) is 28.4 Å². The van der Waals surface area contributed by atoms with Crippen molar-refractivity contribution >= 4 is 5.78 Å². The van der Waals surface area contributed by atoms with Crippen molar-refractivity contribution in [3.63, 3.8) is 0 Å². The molecule has 0 aliphatic rings. The molecular weight excluding hydrogens is 243 g/mol. The highest BCUT2D eigenvalue weighted by atomic mass is 19.1.